The fourth-order valence-corrected chi connectivity index (χ4v) is 5.99. The molecule has 38 heavy (non-hydrogen) atoms. The topological polar surface area (TPSA) is 100.0 Å². The van der Waals surface area contributed by atoms with E-state index in [-0.39, 0.29) is 23.0 Å². The molecule has 2 N–H and O–H groups in total. The van der Waals surface area contributed by atoms with Crippen molar-refractivity contribution < 1.29 is 24.5 Å². The first kappa shape index (κ1) is 25.8. The predicted octanol–water partition coefficient (Wildman–Crippen LogP) is 6.72. The molecule has 1 aliphatic heterocycles. The lowest BCUT2D eigenvalue weighted by atomic mass is 9.91. The number of ether oxygens (including phenoxy) is 1. The van der Waals surface area contributed by atoms with Crippen LogP contribution in [-0.4, -0.2) is 34.0 Å². The maximum atomic E-state index is 13.5. The molecular formula is C29H25ClN2O5S. The van der Waals surface area contributed by atoms with Crippen LogP contribution in [0.1, 0.15) is 48.1 Å². The lowest BCUT2D eigenvalue weighted by Crippen LogP contribution is -2.29. The summed E-state index contributed by atoms with van der Waals surface area (Å²) in [5, 5.41) is 22.4. The Labute approximate surface area is 228 Å². The largest absolute Gasteiger partial charge is 0.508 e. The molecule has 0 spiro atoms. The van der Waals surface area contributed by atoms with E-state index in [1.807, 2.05) is 26.8 Å². The lowest BCUT2D eigenvalue weighted by molar-refractivity contribution is -0.132. The highest BCUT2D eigenvalue weighted by Gasteiger charge is 2.48. The molecule has 194 valence electrons. The van der Waals surface area contributed by atoms with Gasteiger partial charge in [-0.1, -0.05) is 48.9 Å². The average Bonchev–Trinajstić information content (AvgIpc) is 3.41. The smallest absolute Gasteiger partial charge is 0.301 e. The van der Waals surface area contributed by atoms with Gasteiger partial charge in [-0.3, -0.25) is 14.5 Å². The Morgan fingerprint density at radius 1 is 1.11 bits per heavy atom. The zero-order valence-electron chi connectivity index (χ0n) is 21.2. The predicted molar refractivity (Wildman–Crippen MR) is 149 cm³/mol. The van der Waals surface area contributed by atoms with Gasteiger partial charge in [0.05, 0.1) is 28.9 Å². The summed E-state index contributed by atoms with van der Waals surface area (Å²) in [6.07, 6.45) is 0. The van der Waals surface area contributed by atoms with Crippen LogP contribution in [0, 0.1) is 6.92 Å². The second-order valence-electron chi connectivity index (χ2n) is 9.43. The van der Waals surface area contributed by atoms with Crippen LogP contribution in [0.15, 0.2) is 60.2 Å². The number of ketones is 1. The van der Waals surface area contributed by atoms with E-state index in [9.17, 15) is 19.8 Å². The van der Waals surface area contributed by atoms with Crippen LogP contribution in [0.2, 0.25) is 5.02 Å². The summed E-state index contributed by atoms with van der Waals surface area (Å²) in [4.78, 5) is 33.0. The molecule has 1 unspecified atom stereocenters. The van der Waals surface area contributed by atoms with Crippen molar-refractivity contribution in [3.05, 3.63) is 87.4 Å². The van der Waals surface area contributed by atoms with Crippen LogP contribution in [0.3, 0.4) is 0 Å². The number of hydrogen-bond acceptors (Lipinski definition) is 7. The minimum atomic E-state index is -0.962. The number of Topliss-reactive ketones (excluding diaryl/α,β-unsaturated/α-hetero) is 1. The van der Waals surface area contributed by atoms with E-state index >= 15 is 0 Å². The molecule has 9 heteroatoms. The lowest BCUT2D eigenvalue weighted by Gasteiger charge is -2.23. The minimum absolute atomic E-state index is 0.0351. The van der Waals surface area contributed by atoms with Gasteiger partial charge in [-0.2, -0.15) is 0 Å². The van der Waals surface area contributed by atoms with E-state index in [1.54, 1.807) is 43.5 Å². The molecule has 0 saturated carbocycles. The molecule has 0 aliphatic carbocycles. The third-order valence-electron chi connectivity index (χ3n) is 6.65. The Morgan fingerprint density at radius 2 is 1.82 bits per heavy atom. The van der Waals surface area contributed by atoms with E-state index in [4.69, 9.17) is 16.3 Å². The number of aliphatic hydroxyl groups excluding tert-OH is 1. The van der Waals surface area contributed by atoms with Crippen molar-refractivity contribution in [3.63, 3.8) is 0 Å². The van der Waals surface area contributed by atoms with E-state index in [0.717, 1.165) is 10.3 Å². The minimum Gasteiger partial charge on any atom is -0.508 e. The number of benzene rings is 3. The Kier molecular flexibility index (Phi) is 6.63. The van der Waals surface area contributed by atoms with Gasteiger partial charge in [0.1, 0.15) is 17.3 Å². The van der Waals surface area contributed by atoms with Crippen LogP contribution in [-0.2, 0) is 9.59 Å². The second-order valence-corrected chi connectivity index (χ2v) is 10.9. The number of fused-ring (bicyclic) bond motifs is 1. The number of phenolic OH excluding ortho intramolecular Hbond substituents is 1. The third kappa shape index (κ3) is 4.29. The highest BCUT2D eigenvalue weighted by atomic mass is 35.5. The summed E-state index contributed by atoms with van der Waals surface area (Å²) < 4.78 is 6.29. The van der Waals surface area contributed by atoms with Crippen LogP contribution in [0.25, 0.3) is 16.0 Å². The Balaban J connectivity index is 1.75. The molecule has 1 aromatic heterocycles. The fourth-order valence-electron chi connectivity index (χ4n) is 4.72. The Morgan fingerprint density at radius 3 is 2.47 bits per heavy atom. The molecule has 1 fully saturated rings. The van der Waals surface area contributed by atoms with Gasteiger partial charge in [-0.25, -0.2) is 4.98 Å². The quantitative estimate of drug-likeness (QED) is 0.163. The SMILES string of the molecule is COc1cc(C)c(/C(O)=C2\C(=O)C(=O)N(c3nc4ccc(Cl)cc4s3)C2c2ccc(O)cc2)cc1C(C)C. The second kappa shape index (κ2) is 9.78. The summed E-state index contributed by atoms with van der Waals surface area (Å²) in [5.74, 6) is -1.10. The molecule has 1 saturated heterocycles. The Bertz CT molecular complexity index is 1620. The van der Waals surface area contributed by atoms with Crippen molar-refractivity contribution in [2.24, 2.45) is 0 Å². The number of hydrogen-bond donors (Lipinski definition) is 2. The molecule has 1 atom stereocenters. The highest BCUT2D eigenvalue weighted by molar-refractivity contribution is 7.22. The number of halogens is 1. The molecule has 0 bridgehead atoms. The van der Waals surface area contributed by atoms with Crippen molar-refractivity contribution in [1.82, 2.24) is 4.98 Å². The van der Waals surface area contributed by atoms with Gasteiger partial charge >= 0.3 is 5.91 Å². The number of aromatic hydroxyl groups is 1. The van der Waals surface area contributed by atoms with E-state index < -0.39 is 17.7 Å². The van der Waals surface area contributed by atoms with Gasteiger partial charge in [-0.15, -0.1) is 0 Å². The maximum Gasteiger partial charge on any atom is 0.301 e. The molecule has 3 aromatic carbocycles. The summed E-state index contributed by atoms with van der Waals surface area (Å²) in [6, 6.07) is 14.0. The fraction of sp³-hybridized carbons (Fsp3) is 0.207. The molecule has 7 nitrogen and oxygen atoms in total. The van der Waals surface area contributed by atoms with Crippen LogP contribution >= 0.6 is 22.9 Å². The maximum absolute atomic E-state index is 13.5. The molecular weight excluding hydrogens is 524 g/mol. The first-order valence-corrected chi connectivity index (χ1v) is 13.1. The van der Waals surface area contributed by atoms with E-state index in [0.29, 0.717) is 38.1 Å². The number of aryl methyl sites for hydroxylation is 1. The zero-order valence-corrected chi connectivity index (χ0v) is 22.7. The zero-order chi connectivity index (χ0) is 27.3. The summed E-state index contributed by atoms with van der Waals surface area (Å²) in [6.45, 7) is 5.82. The highest BCUT2D eigenvalue weighted by Crippen LogP contribution is 2.45. The molecule has 5 rings (SSSR count). The van der Waals surface area contributed by atoms with Gasteiger partial charge < -0.3 is 14.9 Å². The van der Waals surface area contributed by atoms with E-state index in [2.05, 4.69) is 4.98 Å². The number of thiazole rings is 1. The molecule has 1 aliphatic rings. The monoisotopic (exact) mass is 548 g/mol. The third-order valence-corrected chi connectivity index (χ3v) is 7.90. The summed E-state index contributed by atoms with van der Waals surface area (Å²) in [5.41, 5.74) is 3.10. The standard InChI is InChI=1S/C29H25ClN2O5S/c1-14(2)19-13-20(15(3)11-22(19)37-4)26(34)24-25(16-5-8-18(33)9-6-16)32(28(36)27(24)35)29-31-21-10-7-17(30)12-23(21)38-29/h5-14,25,33-34H,1-4H3/b26-24+. The number of phenols is 1. The van der Waals surface area contributed by atoms with E-state index in [1.165, 1.54) is 28.4 Å². The number of aromatic nitrogens is 1. The van der Waals surface area contributed by atoms with Gasteiger partial charge in [0.15, 0.2) is 5.13 Å². The van der Waals surface area contributed by atoms with Crippen LogP contribution < -0.4 is 9.64 Å². The van der Waals surface area contributed by atoms with Gasteiger partial charge in [0, 0.05) is 10.6 Å². The first-order valence-electron chi connectivity index (χ1n) is 12.0. The number of nitrogens with zero attached hydrogens (tertiary/aromatic N) is 2. The van der Waals surface area contributed by atoms with Gasteiger partial charge in [0.25, 0.3) is 5.78 Å². The Hall–Kier alpha value is -3.88. The average molecular weight is 549 g/mol. The van der Waals surface area contributed by atoms with Crippen molar-refractivity contribution in [2.75, 3.05) is 12.0 Å². The van der Waals surface area contributed by atoms with Crippen LogP contribution in [0.4, 0.5) is 5.13 Å². The van der Waals surface area contributed by atoms with Gasteiger partial charge in [-0.05, 0) is 72.0 Å². The normalized spacial score (nSPS) is 17.1. The molecule has 1 amide bonds. The van der Waals surface area contributed by atoms with Crippen LogP contribution in [0.5, 0.6) is 11.5 Å². The summed E-state index contributed by atoms with van der Waals surface area (Å²) in [7, 11) is 1.59. The number of amides is 1. The first-order chi connectivity index (χ1) is 18.1. The van der Waals surface area contributed by atoms with Crippen molar-refractivity contribution >= 4 is 55.7 Å². The molecule has 4 aromatic rings. The van der Waals surface area contributed by atoms with Crippen molar-refractivity contribution in [3.8, 4) is 11.5 Å². The number of methoxy groups -OCH3 is 1. The number of carbonyl (C=O) groups excluding carboxylic acids is 2. The molecule has 0 radical (unpaired) electrons. The summed E-state index contributed by atoms with van der Waals surface area (Å²) >= 11 is 7.38. The number of rotatable bonds is 5. The molecule has 2 heterocycles. The van der Waals surface area contributed by atoms with Crippen molar-refractivity contribution in [1.29, 1.82) is 0 Å². The van der Waals surface area contributed by atoms with Crippen molar-refractivity contribution in [2.45, 2.75) is 32.7 Å². The van der Waals surface area contributed by atoms with Gasteiger partial charge in [0.2, 0.25) is 0 Å². The number of carbonyl (C=O) groups is 2. The number of aliphatic hydroxyl groups is 1. The number of anilines is 1.